The predicted octanol–water partition coefficient (Wildman–Crippen LogP) is 3.69. The summed E-state index contributed by atoms with van der Waals surface area (Å²) in [7, 11) is 0. The highest BCUT2D eigenvalue weighted by molar-refractivity contribution is 5.16. The Hall–Kier alpha value is -0.930. The van der Waals surface area contributed by atoms with Crippen LogP contribution in [0.1, 0.15) is 38.2 Å². The van der Waals surface area contributed by atoms with Crippen LogP contribution >= 0.6 is 0 Å². The first-order chi connectivity index (χ1) is 9.66. The minimum atomic E-state index is -0.181. The predicted molar refractivity (Wildman–Crippen MR) is 73.7 cm³/mol. The monoisotopic (exact) mass is 276 g/mol. The van der Waals surface area contributed by atoms with Gasteiger partial charge in [-0.2, -0.15) is 0 Å². The molecule has 2 nitrogen and oxygen atoms in total. The Morgan fingerprint density at radius 3 is 2.95 bits per heavy atom. The summed E-state index contributed by atoms with van der Waals surface area (Å²) in [6.45, 7) is 2.53. The van der Waals surface area contributed by atoms with Crippen molar-refractivity contribution in [1.82, 2.24) is 0 Å². The molecule has 1 aromatic carbocycles. The number of halogens is 1. The van der Waals surface area contributed by atoms with Gasteiger partial charge in [-0.15, -0.1) is 0 Å². The molecule has 5 atom stereocenters. The summed E-state index contributed by atoms with van der Waals surface area (Å²) in [4.78, 5) is 0. The van der Waals surface area contributed by atoms with E-state index in [1.54, 1.807) is 12.1 Å². The summed E-state index contributed by atoms with van der Waals surface area (Å²) in [5, 5.41) is 0. The Bertz CT molecular complexity index is 501. The van der Waals surface area contributed by atoms with Gasteiger partial charge >= 0.3 is 0 Å². The number of hydrogen-bond acceptors (Lipinski definition) is 2. The molecule has 4 aliphatic rings. The molecule has 0 spiro atoms. The standard InChI is InChI=1S/C17H21FO2/c1-17-9-11-6-7-15(20-17)13(11)8-16(17)19-10-12-4-2-3-5-14(12)18/h2-5,11,13,15-16H,6-10H2,1H3. The van der Waals surface area contributed by atoms with E-state index < -0.39 is 0 Å². The fourth-order valence-corrected chi connectivity index (χ4v) is 4.52. The van der Waals surface area contributed by atoms with Gasteiger partial charge in [-0.3, -0.25) is 0 Å². The molecule has 0 N–H and O–H groups in total. The molecular weight excluding hydrogens is 255 g/mol. The average Bonchev–Trinajstić information content (AvgIpc) is 2.71. The van der Waals surface area contributed by atoms with Crippen LogP contribution in [-0.2, 0) is 16.1 Å². The molecule has 4 fully saturated rings. The zero-order valence-corrected chi connectivity index (χ0v) is 11.8. The quantitative estimate of drug-likeness (QED) is 0.838. The van der Waals surface area contributed by atoms with Gasteiger partial charge in [-0.1, -0.05) is 18.2 Å². The van der Waals surface area contributed by atoms with Crippen LogP contribution in [0.15, 0.2) is 24.3 Å². The van der Waals surface area contributed by atoms with E-state index in [1.165, 1.54) is 18.9 Å². The summed E-state index contributed by atoms with van der Waals surface area (Å²) in [6, 6.07) is 6.85. The molecule has 5 rings (SSSR count). The lowest BCUT2D eigenvalue weighted by Crippen LogP contribution is -2.58. The Morgan fingerprint density at radius 2 is 2.20 bits per heavy atom. The van der Waals surface area contributed by atoms with Crippen molar-refractivity contribution in [2.75, 3.05) is 0 Å². The van der Waals surface area contributed by atoms with Crippen LogP contribution in [0.2, 0.25) is 0 Å². The van der Waals surface area contributed by atoms with Gasteiger partial charge in [-0.25, -0.2) is 4.39 Å². The summed E-state index contributed by atoms with van der Waals surface area (Å²) in [6.07, 6.45) is 5.27. The maximum absolute atomic E-state index is 13.6. The van der Waals surface area contributed by atoms with Crippen LogP contribution < -0.4 is 0 Å². The van der Waals surface area contributed by atoms with Crippen molar-refractivity contribution in [1.29, 1.82) is 0 Å². The largest absolute Gasteiger partial charge is 0.370 e. The van der Waals surface area contributed by atoms with E-state index in [4.69, 9.17) is 9.47 Å². The maximum Gasteiger partial charge on any atom is 0.128 e. The second-order valence-electron chi connectivity index (χ2n) is 6.80. The molecule has 3 heteroatoms. The summed E-state index contributed by atoms with van der Waals surface area (Å²) < 4.78 is 26.0. The fraction of sp³-hybridized carbons (Fsp3) is 0.647. The van der Waals surface area contributed by atoms with E-state index in [0.29, 0.717) is 24.2 Å². The van der Waals surface area contributed by atoms with Gasteiger partial charge in [0.05, 0.1) is 24.4 Å². The summed E-state index contributed by atoms with van der Waals surface area (Å²) >= 11 is 0. The van der Waals surface area contributed by atoms with Crippen LogP contribution in [0.3, 0.4) is 0 Å². The van der Waals surface area contributed by atoms with Gasteiger partial charge in [-0.05, 0) is 50.5 Å². The zero-order valence-electron chi connectivity index (χ0n) is 11.8. The second-order valence-corrected chi connectivity index (χ2v) is 6.80. The molecule has 4 bridgehead atoms. The van der Waals surface area contributed by atoms with Crippen LogP contribution in [0.25, 0.3) is 0 Å². The first-order valence-corrected chi connectivity index (χ1v) is 7.68. The lowest BCUT2D eigenvalue weighted by Gasteiger charge is -2.53. The van der Waals surface area contributed by atoms with Crippen LogP contribution in [0.5, 0.6) is 0 Å². The fourth-order valence-electron chi connectivity index (χ4n) is 4.52. The van der Waals surface area contributed by atoms with Crippen molar-refractivity contribution in [3.8, 4) is 0 Å². The Kier molecular flexibility index (Phi) is 2.90. The normalized spacial score (nSPS) is 42.1. The molecule has 2 aliphatic carbocycles. The molecule has 108 valence electrons. The third-order valence-corrected chi connectivity index (χ3v) is 5.56. The number of ether oxygens (including phenoxy) is 2. The van der Waals surface area contributed by atoms with Crippen LogP contribution in [-0.4, -0.2) is 17.8 Å². The molecule has 0 aromatic heterocycles. The molecule has 0 radical (unpaired) electrons. The number of hydrogen-bond donors (Lipinski definition) is 0. The highest BCUT2D eigenvalue weighted by atomic mass is 19.1. The van der Waals surface area contributed by atoms with Gasteiger partial charge < -0.3 is 9.47 Å². The molecule has 5 unspecified atom stereocenters. The summed E-state index contributed by atoms with van der Waals surface area (Å²) in [5.74, 6) is 1.31. The number of benzene rings is 1. The van der Waals surface area contributed by atoms with Crippen molar-refractivity contribution < 1.29 is 13.9 Å². The molecule has 2 saturated carbocycles. The minimum absolute atomic E-state index is 0.109. The molecule has 2 aliphatic heterocycles. The van der Waals surface area contributed by atoms with E-state index in [-0.39, 0.29) is 17.5 Å². The highest BCUT2D eigenvalue weighted by Gasteiger charge is 2.57. The van der Waals surface area contributed by atoms with Crippen LogP contribution in [0.4, 0.5) is 4.39 Å². The SMILES string of the molecule is CC12CC3CCC(O1)C3CC2OCc1ccccc1F. The third kappa shape index (κ3) is 1.91. The third-order valence-electron chi connectivity index (χ3n) is 5.56. The first kappa shape index (κ1) is 12.8. The number of fused-ring (bicyclic) bond motifs is 1. The lowest BCUT2D eigenvalue weighted by atomic mass is 9.68. The number of rotatable bonds is 3. The molecular formula is C17H21FO2. The molecule has 1 aromatic rings. The van der Waals surface area contributed by atoms with Gasteiger partial charge in [0.15, 0.2) is 0 Å². The topological polar surface area (TPSA) is 18.5 Å². The first-order valence-electron chi connectivity index (χ1n) is 7.68. The van der Waals surface area contributed by atoms with E-state index in [2.05, 4.69) is 6.92 Å². The van der Waals surface area contributed by atoms with Crippen molar-refractivity contribution in [2.24, 2.45) is 11.8 Å². The van der Waals surface area contributed by atoms with Crippen molar-refractivity contribution >= 4 is 0 Å². The Labute approximate surface area is 119 Å². The highest BCUT2D eigenvalue weighted by Crippen LogP contribution is 2.55. The zero-order chi connectivity index (χ0) is 13.7. The van der Waals surface area contributed by atoms with E-state index in [0.717, 1.165) is 18.8 Å². The van der Waals surface area contributed by atoms with Crippen LogP contribution in [0, 0.1) is 17.7 Å². The minimum Gasteiger partial charge on any atom is -0.370 e. The molecule has 2 saturated heterocycles. The Balaban J connectivity index is 1.47. The van der Waals surface area contributed by atoms with Gasteiger partial charge in [0, 0.05) is 5.56 Å². The molecule has 20 heavy (non-hydrogen) atoms. The van der Waals surface area contributed by atoms with E-state index in [9.17, 15) is 4.39 Å². The smallest absolute Gasteiger partial charge is 0.128 e. The molecule has 0 amide bonds. The summed E-state index contributed by atoms with van der Waals surface area (Å²) in [5.41, 5.74) is 0.478. The van der Waals surface area contributed by atoms with Crippen molar-refractivity contribution in [3.05, 3.63) is 35.6 Å². The Morgan fingerprint density at radius 1 is 1.35 bits per heavy atom. The molecule has 2 heterocycles. The maximum atomic E-state index is 13.6. The van der Waals surface area contributed by atoms with Gasteiger partial charge in [0.1, 0.15) is 5.82 Å². The van der Waals surface area contributed by atoms with Crippen molar-refractivity contribution in [3.63, 3.8) is 0 Å². The van der Waals surface area contributed by atoms with E-state index >= 15 is 0 Å². The van der Waals surface area contributed by atoms with Crippen molar-refractivity contribution in [2.45, 2.75) is 57.0 Å². The second kappa shape index (κ2) is 4.54. The van der Waals surface area contributed by atoms with Gasteiger partial charge in [0.25, 0.3) is 0 Å². The van der Waals surface area contributed by atoms with Gasteiger partial charge in [0.2, 0.25) is 0 Å². The average molecular weight is 276 g/mol. The lowest BCUT2D eigenvalue weighted by molar-refractivity contribution is -0.251. The van der Waals surface area contributed by atoms with E-state index in [1.807, 2.05) is 6.07 Å².